The minimum Gasteiger partial charge on any atom is -0.497 e. The van der Waals surface area contributed by atoms with Gasteiger partial charge in [-0.15, -0.1) is 0 Å². The zero-order valence-electron chi connectivity index (χ0n) is 17.3. The standard InChI is InChI=1S/C23H22B2O4S/c1-29-21-12-4-17(5-13-21)15-30(27,28)22(14-16-2-8-19(24)9-3-16)23(26)18-6-10-20(25)11-7-18/h2-14H,15,24-25H2,1H3/b22-14-. The van der Waals surface area contributed by atoms with Crippen LogP contribution in [-0.4, -0.2) is 37.0 Å². The van der Waals surface area contributed by atoms with E-state index in [2.05, 4.69) is 0 Å². The highest BCUT2D eigenvalue weighted by Crippen LogP contribution is 2.23. The molecule has 0 atom stereocenters. The Labute approximate surface area is 179 Å². The zero-order chi connectivity index (χ0) is 21.7. The first-order chi connectivity index (χ1) is 14.3. The molecular weight excluding hydrogens is 394 g/mol. The number of allylic oxidation sites excluding steroid dienone is 1. The molecular formula is C23H22B2O4S. The van der Waals surface area contributed by atoms with E-state index in [1.165, 1.54) is 6.08 Å². The largest absolute Gasteiger partial charge is 0.497 e. The maximum atomic E-state index is 13.3. The van der Waals surface area contributed by atoms with Gasteiger partial charge in [-0.25, -0.2) is 8.42 Å². The Morgan fingerprint density at radius 2 is 1.40 bits per heavy atom. The molecule has 0 heterocycles. The average molecular weight is 416 g/mol. The molecule has 0 saturated carbocycles. The predicted octanol–water partition coefficient (Wildman–Crippen LogP) is 1.05. The number of hydrogen-bond donors (Lipinski definition) is 0. The van der Waals surface area contributed by atoms with Crippen molar-refractivity contribution in [1.29, 1.82) is 0 Å². The lowest BCUT2D eigenvalue weighted by Gasteiger charge is -2.10. The number of sulfone groups is 1. The van der Waals surface area contributed by atoms with Crippen LogP contribution >= 0.6 is 0 Å². The molecule has 0 N–H and O–H groups in total. The van der Waals surface area contributed by atoms with Gasteiger partial charge >= 0.3 is 0 Å². The van der Waals surface area contributed by atoms with Crippen LogP contribution in [0.1, 0.15) is 21.5 Å². The highest BCUT2D eigenvalue weighted by Gasteiger charge is 2.26. The van der Waals surface area contributed by atoms with Crippen LogP contribution < -0.4 is 15.7 Å². The van der Waals surface area contributed by atoms with Crippen molar-refractivity contribution in [3.63, 3.8) is 0 Å². The van der Waals surface area contributed by atoms with Gasteiger partial charge in [0.1, 0.15) is 26.3 Å². The number of Topliss-reactive ketones (excluding diaryl/α,β-unsaturated/α-hetero) is 1. The SMILES string of the molecule is Bc1ccc(/C=C(/C(=O)c2ccc(B)cc2)S(=O)(=O)Cc2ccc(OC)cc2)cc1. The van der Waals surface area contributed by atoms with Gasteiger partial charge in [-0.05, 0) is 29.3 Å². The van der Waals surface area contributed by atoms with Crippen LogP contribution in [0, 0.1) is 0 Å². The van der Waals surface area contributed by atoms with Gasteiger partial charge in [0.15, 0.2) is 9.84 Å². The van der Waals surface area contributed by atoms with E-state index in [9.17, 15) is 13.2 Å². The quantitative estimate of drug-likeness (QED) is 0.328. The summed E-state index contributed by atoms with van der Waals surface area (Å²) in [7, 11) is 1.53. The van der Waals surface area contributed by atoms with Crippen LogP contribution in [0.5, 0.6) is 5.75 Å². The van der Waals surface area contributed by atoms with E-state index in [0.717, 1.165) is 10.9 Å². The summed E-state index contributed by atoms with van der Waals surface area (Å²) in [5, 5.41) is 0. The van der Waals surface area contributed by atoms with Crippen molar-refractivity contribution in [3.8, 4) is 5.75 Å². The van der Waals surface area contributed by atoms with E-state index >= 15 is 0 Å². The highest BCUT2D eigenvalue weighted by atomic mass is 32.2. The molecule has 3 aromatic carbocycles. The number of methoxy groups -OCH3 is 1. The lowest BCUT2D eigenvalue weighted by atomic mass is 9.94. The number of rotatable bonds is 7. The second kappa shape index (κ2) is 9.18. The van der Waals surface area contributed by atoms with Crippen molar-refractivity contribution in [2.75, 3.05) is 7.11 Å². The van der Waals surface area contributed by atoms with Gasteiger partial charge in [-0.2, -0.15) is 0 Å². The van der Waals surface area contributed by atoms with Crippen LogP contribution in [-0.2, 0) is 15.6 Å². The summed E-state index contributed by atoms with van der Waals surface area (Å²) in [4.78, 5) is 13.0. The first kappa shape index (κ1) is 21.7. The first-order valence-electron chi connectivity index (χ1n) is 9.54. The summed E-state index contributed by atoms with van der Waals surface area (Å²) in [5.41, 5.74) is 3.64. The van der Waals surface area contributed by atoms with Crippen molar-refractivity contribution in [1.82, 2.24) is 0 Å². The predicted molar refractivity (Wildman–Crippen MR) is 127 cm³/mol. The van der Waals surface area contributed by atoms with Gasteiger partial charge in [-0.1, -0.05) is 71.6 Å². The van der Waals surface area contributed by atoms with Crippen LogP contribution in [0.25, 0.3) is 6.08 Å². The van der Waals surface area contributed by atoms with E-state index in [1.54, 1.807) is 67.8 Å². The summed E-state index contributed by atoms with van der Waals surface area (Å²) in [6, 6.07) is 21.1. The van der Waals surface area contributed by atoms with E-state index in [4.69, 9.17) is 4.74 Å². The smallest absolute Gasteiger partial charge is 0.204 e. The van der Waals surface area contributed by atoms with Crippen molar-refractivity contribution in [2.24, 2.45) is 0 Å². The van der Waals surface area contributed by atoms with Crippen molar-refractivity contribution < 1.29 is 17.9 Å². The molecule has 0 amide bonds. The van der Waals surface area contributed by atoms with Crippen molar-refractivity contribution in [3.05, 3.63) is 94.4 Å². The lowest BCUT2D eigenvalue weighted by Crippen LogP contribution is -2.17. The third-order valence-electron chi connectivity index (χ3n) is 4.76. The summed E-state index contributed by atoms with van der Waals surface area (Å²) >= 11 is 0. The van der Waals surface area contributed by atoms with Crippen LogP contribution in [0.15, 0.2) is 77.7 Å². The van der Waals surface area contributed by atoms with Crippen molar-refractivity contribution >= 4 is 48.3 Å². The Bertz CT molecular complexity index is 1170. The van der Waals surface area contributed by atoms with E-state index in [1.807, 2.05) is 27.8 Å². The van der Waals surface area contributed by atoms with Crippen LogP contribution in [0.4, 0.5) is 0 Å². The van der Waals surface area contributed by atoms with Gasteiger partial charge in [0.05, 0.1) is 12.9 Å². The van der Waals surface area contributed by atoms with Gasteiger partial charge in [0.2, 0.25) is 5.78 Å². The number of ketones is 1. The average Bonchev–Trinajstić information content (AvgIpc) is 2.73. The van der Waals surface area contributed by atoms with E-state index in [-0.39, 0.29) is 10.7 Å². The molecule has 3 aromatic rings. The molecule has 0 fully saturated rings. The summed E-state index contributed by atoms with van der Waals surface area (Å²) in [6.07, 6.45) is 1.46. The second-order valence-electron chi connectivity index (χ2n) is 7.22. The Morgan fingerprint density at radius 3 is 1.93 bits per heavy atom. The molecule has 0 aliphatic rings. The Morgan fingerprint density at radius 1 is 0.867 bits per heavy atom. The number of benzene rings is 3. The monoisotopic (exact) mass is 416 g/mol. The Balaban J connectivity index is 2.03. The summed E-state index contributed by atoms with van der Waals surface area (Å²) in [5.74, 6) is -0.141. The third-order valence-corrected chi connectivity index (χ3v) is 6.45. The zero-order valence-corrected chi connectivity index (χ0v) is 18.1. The molecule has 0 bridgehead atoms. The fourth-order valence-corrected chi connectivity index (χ4v) is 4.48. The van der Waals surface area contributed by atoms with Gasteiger partial charge in [-0.3, -0.25) is 4.79 Å². The Hall–Kier alpha value is -3.05. The van der Waals surface area contributed by atoms with Crippen LogP contribution in [0.2, 0.25) is 0 Å². The van der Waals surface area contributed by atoms with Crippen molar-refractivity contribution in [2.45, 2.75) is 5.75 Å². The topological polar surface area (TPSA) is 60.4 Å². The molecule has 7 heteroatoms. The highest BCUT2D eigenvalue weighted by molar-refractivity contribution is 7.95. The van der Waals surface area contributed by atoms with E-state index in [0.29, 0.717) is 22.4 Å². The number of carbonyl (C=O) groups excluding carboxylic acids is 1. The molecule has 3 rings (SSSR count). The Kier molecular flexibility index (Phi) is 6.63. The minimum atomic E-state index is -3.89. The molecule has 0 unspecified atom stereocenters. The number of hydrogen-bond acceptors (Lipinski definition) is 4. The molecule has 30 heavy (non-hydrogen) atoms. The fraction of sp³-hybridized carbons (Fsp3) is 0.0870. The molecule has 0 saturated heterocycles. The van der Waals surface area contributed by atoms with Crippen LogP contribution in [0.3, 0.4) is 0 Å². The lowest BCUT2D eigenvalue weighted by molar-refractivity contribution is 0.104. The van der Waals surface area contributed by atoms with Gasteiger partial charge in [0.25, 0.3) is 0 Å². The molecule has 4 nitrogen and oxygen atoms in total. The number of ether oxygens (including phenoxy) is 1. The van der Waals surface area contributed by atoms with Gasteiger partial charge < -0.3 is 4.74 Å². The third kappa shape index (κ3) is 5.30. The maximum Gasteiger partial charge on any atom is 0.204 e. The molecule has 0 spiro atoms. The fourth-order valence-electron chi connectivity index (χ4n) is 2.98. The molecule has 0 aromatic heterocycles. The maximum absolute atomic E-state index is 13.3. The first-order valence-corrected chi connectivity index (χ1v) is 11.2. The minimum absolute atomic E-state index is 0.217. The summed E-state index contributed by atoms with van der Waals surface area (Å²) < 4.78 is 31.7. The molecule has 0 aliphatic heterocycles. The van der Waals surface area contributed by atoms with E-state index < -0.39 is 15.6 Å². The normalized spacial score (nSPS) is 11.8. The summed E-state index contributed by atoms with van der Waals surface area (Å²) in [6.45, 7) is 0. The second-order valence-corrected chi connectivity index (χ2v) is 9.18. The molecule has 0 radical (unpaired) electrons. The number of carbonyl (C=O) groups is 1. The molecule has 0 aliphatic carbocycles. The molecule has 150 valence electrons. The van der Waals surface area contributed by atoms with Gasteiger partial charge in [0, 0.05) is 5.56 Å².